The first kappa shape index (κ1) is 17.4. The van der Waals surface area contributed by atoms with Crippen LogP contribution in [0.15, 0.2) is 60.8 Å². The zero-order chi connectivity index (χ0) is 18.5. The summed E-state index contributed by atoms with van der Waals surface area (Å²) in [4.78, 5) is 16.4. The molecule has 0 bridgehead atoms. The molecule has 0 saturated carbocycles. The van der Waals surface area contributed by atoms with Gasteiger partial charge in [0, 0.05) is 11.1 Å². The Balaban J connectivity index is 1.99. The molecule has 0 aliphatic heterocycles. The Morgan fingerprint density at radius 1 is 1.12 bits per heavy atom. The molecule has 132 valence electrons. The zero-order valence-electron chi connectivity index (χ0n) is 14.1. The van der Waals surface area contributed by atoms with Gasteiger partial charge in [-0.25, -0.2) is 14.2 Å². The summed E-state index contributed by atoms with van der Waals surface area (Å²) in [6.07, 6.45) is 1.02. The number of aromatic nitrogens is 1. The summed E-state index contributed by atoms with van der Waals surface area (Å²) in [6.45, 7) is 0.0954. The van der Waals surface area contributed by atoms with Gasteiger partial charge in [0.15, 0.2) is 0 Å². The third-order valence-electron chi connectivity index (χ3n) is 3.83. The second kappa shape index (κ2) is 7.65. The summed E-state index contributed by atoms with van der Waals surface area (Å²) in [5, 5.41) is 0. The van der Waals surface area contributed by atoms with Gasteiger partial charge >= 0.3 is 5.97 Å². The van der Waals surface area contributed by atoms with E-state index in [4.69, 9.17) is 15.2 Å². The maximum Gasteiger partial charge on any atom is 0.342 e. The summed E-state index contributed by atoms with van der Waals surface area (Å²) >= 11 is 0. The molecule has 1 aromatic heterocycles. The molecular weight excluding hydrogens is 335 g/mol. The van der Waals surface area contributed by atoms with E-state index < -0.39 is 11.8 Å². The smallest absolute Gasteiger partial charge is 0.342 e. The van der Waals surface area contributed by atoms with E-state index >= 15 is 0 Å². The molecule has 0 atom stereocenters. The summed E-state index contributed by atoms with van der Waals surface area (Å²) in [5.41, 5.74) is 7.13. The fraction of sp³-hybridized carbons (Fsp3) is 0.100. The van der Waals surface area contributed by atoms with E-state index in [0.29, 0.717) is 5.56 Å². The lowest BCUT2D eigenvalue weighted by molar-refractivity contribution is 0.0470. The van der Waals surface area contributed by atoms with Crippen LogP contribution < -0.4 is 10.5 Å². The fourth-order valence-corrected chi connectivity index (χ4v) is 2.59. The lowest BCUT2D eigenvalue weighted by Gasteiger charge is -2.14. The van der Waals surface area contributed by atoms with Gasteiger partial charge in [0.1, 0.15) is 29.6 Å². The number of nitrogen functional groups attached to an aromatic ring is 1. The lowest BCUT2D eigenvalue weighted by atomic mass is 9.99. The number of hydrogen-bond donors (Lipinski definition) is 1. The van der Waals surface area contributed by atoms with Crippen LogP contribution in [-0.4, -0.2) is 18.1 Å². The van der Waals surface area contributed by atoms with Gasteiger partial charge in [0.25, 0.3) is 0 Å². The maximum absolute atomic E-state index is 14.3. The topological polar surface area (TPSA) is 74.4 Å². The first-order chi connectivity index (χ1) is 12.6. The number of hydrogen-bond acceptors (Lipinski definition) is 5. The number of methoxy groups -OCH3 is 1. The molecule has 0 amide bonds. The summed E-state index contributed by atoms with van der Waals surface area (Å²) in [5.74, 6) is -0.774. The Kier molecular flexibility index (Phi) is 5.12. The summed E-state index contributed by atoms with van der Waals surface area (Å²) in [6, 6.07) is 15.5. The first-order valence-electron chi connectivity index (χ1n) is 7.89. The van der Waals surface area contributed by atoms with Gasteiger partial charge in [-0.1, -0.05) is 42.5 Å². The van der Waals surface area contributed by atoms with Crippen molar-refractivity contribution in [2.75, 3.05) is 12.8 Å². The van der Waals surface area contributed by atoms with Crippen LogP contribution in [0.4, 0.5) is 10.2 Å². The van der Waals surface area contributed by atoms with Crippen molar-refractivity contribution in [2.45, 2.75) is 6.61 Å². The summed E-state index contributed by atoms with van der Waals surface area (Å²) < 4.78 is 25.0. The number of carbonyl (C=O) groups is 1. The van der Waals surface area contributed by atoms with Gasteiger partial charge in [0.2, 0.25) is 0 Å². The van der Waals surface area contributed by atoms with Gasteiger partial charge in [-0.3, -0.25) is 0 Å². The zero-order valence-corrected chi connectivity index (χ0v) is 14.1. The predicted octanol–water partition coefficient (Wildman–Crippen LogP) is 3.84. The van der Waals surface area contributed by atoms with Crippen LogP contribution in [0.1, 0.15) is 15.9 Å². The Labute approximate surface area is 150 Å². The molecule has 0 saturated heterocycles. The van der Waals surface area contributed by atoms with Crippen molar-refractivity contribution in [1.82, 2.24) is 4.98 Å². The number of carbonyl (C=O) groups excluding carboxylic acids is 1. The van der Waals surface area contributed by atoms with E-state index in [0.717, 1.165) is 11.8 Å². The molecular formula is C20H17FN2O3. The van der Waals surface area contributed by atoms with E-state index in [1.54, 1.807) is 18.2 Å². The highest BCUT2D eigenvalue weighted by Gasteiger charge is 2.22. The molecule has 0 spiro atoms. The molecule has 0 unspecified atom stereocenters. The second-order valence-corrected chi connectivity index (χ2v) is 5.53. The monoisotopic (exact) mass is 352 g/mol. The molecule has 0 aliphatic carbocycles. The molecule has 2 N–H and O–H groups in total. The van der Waals surface area contributed by atoms with Crippen LogP contribution in [-0.2, 0) is 11.3 Å². The van der Waals surface area contributed by atoms with Gasteiger partial charge in [-0.15, -0.1) is 0 Å². The van der Waals surface area contributed by atoms with Crippen molar-refractivity contribution in [1.29, 1.82) is 0 Å². The van der Waals surface area contributed by atoms with Crippen LogP contribution in [0, 0.1) is 5.82 Å². The lowest BCUT2D eigenvalue weighted by Crippen LogP contribution is -2.09. The SMILES string of the molecule is COc1cccc(-c2cc(N)ncc2F)c1C(=O)OCc1ccccc1. The standard InChI is InChI=1S/C20H17FN2O3/c1-25-17-9-5-8-14(15-10-18(22)23-11-16(15)21)19(17)20(24)26-12-13-6-3-2-4-7-13/h2-11H,12H2,1H3,(H2,22,23). The van der Waals surface area contributed by atoms with Gasteiger partial charge in [-0.05, 0) is 17.7 Å². The molecule has 2 aromatic carbocycles. The maximum atomic E-state index is 14.3. The van der Waals surface area contributed by atoms with E-state index in [1.165, 1.54) is 13.2 Å². The Hall–Kier alpha value is -3.41. The number of halogens is 1. The average molecular weight is 352 g/mol. The Bertz CT molecular complexity index is 930. The molecule has 3 aromatic rings. The predicted molar refractivity (Wildman–Crippen MR) is 96.2 cm³/mol. The Morgan fingerprint density at radius 3 is 2.62 bits per heavy atom. The van der Waals surface area contributed by atoms with Crippen molar-refractivity contribution >= 4 is 11.8 Å². The van der Waals surface area contributed by atoms with E-state index in [9.17, 15) is 9.18 Å². The molecule has 0 fully saturated rings. The van der Waals surface area contributed by atoms with Crippen LogP contribution in [0.5, 0.6) is 5.75 Å². The molecule has 0 radical (unpaired) electrons. The van der Waals surface area contributed by atoms with E-state index in [1.807, 2.05) is 30.3 Å². The van der Waals surface area contributed by atoms with Crippen molar-refractivity contribution in [3.05, 3.63) is 77.7 Å². The van der Waals surface area contributed by atoms with E-state index in [2.05, 4.69) is 4.98 Å². The molecule has 0 aliphatic rings. The highest BCUT2D eigenvalue weighted by atomic mass is 19.1. The van der Waals surface area contributed by atoms with Crippen LogP contribution in [0.25, 0.3) is 11.1 Å². The van der Waals surface area contributed by atoms with Crippen LogP contribution >= 0.6 is 0 Å². The normalized spacial score (nSPS) is 10.4. The van der Waals surface area contributed by atoms with Crippen molar-refractivity contribution < 1.29 is 18.7 Å². The summed E-state index contributed by atoms with van der Waals surface area (Å²) in [7, 11) is 1.43. The molecule has 3 rings (SSSR count). The molecule has 5 nitrogen and oxygen atoms in total. The van der Waals surface area contributed by atoms with Gasteiger partial charge in [-0.2, -0.15) is 0 Å². The quantitative estimate of drug-likeness (QED) is 0.706. The van der Waals surface area contributed by atoms with Crippen LogP contribution in [0.3, 0.4) is 0 Å². The first-order valence-corrected chi connectivity index (χ1v) is 7.89. The van der Waals surface area contributed by atoms with Crippen molar-refractivity contribution in [3.63, 3.8) is 0 Å². The third kappa shape index (κ3) is 3.64. The number of esters is 1. The number of ether oxygens (including phenoxy) is 2. The number of benzene rings is 2. The van der Waals surface area contributed by atoms with Crippen molar-refractivity contribution in [2.24, 2.45) is 0 Å². The molecule has 26 heavy (non-hydrogen) atoms. The highest BCUT2D eigenvalue weighted by Crippen LogP contribution is 2.33. The fourth-order valence-electron chi connectivity index (χ4n) is 2.59. The van der Waals surface area contributed by atoms with Crippen LogP contribution in [0.2, 0.25) is 0 Å². The van der Waals surface area contributed by atoms with E-state index in [-0.39, 0.29) is 29.3 Å². The number of rotatable bonds is 5. The molecule has 1 heterocycles. The number of nitrogens with zero attached hydrogens (tertiary/aromatic N) is 1. The third-order valence-corrected chi connectivity index (χ3v) is 3.83. The number of pyridine rings is 1. The largest absolute Gasteiger partial charge is 0.496 e. The second-order valence-electron chi connectivity index (χ2n) is 5.53. The molecule has 6 heteroatoms. The van der Waals surface area contributed by atoms with Gasteiger partial charge < -0.3 is 15.2 Å². The van der Waals surface area contributed by atoms with Gasteiger partial charge in [0.05, 0.1) is 13.3 Å². The minimum absolute atomic E-state index is 0.0954. The number of anilines is 1. The number of nitrogens with two attached hydrogens (primary N) is 1. The minimum Gasteiger partial charge on any atom is -0.496 e. The van der Waals surface area contributed by atoms with Crippen molar-refractivity contribution in [3.8, 4) is 16.9 Å². The Morgan fingerprint density at radius 2 is 1.88 bits per heavy atom. The highest BCUT2D eigenvalue weighted by molar-refractivity contribution is 6.00. The average Bonchev–Trinajstić information content (AvgIpc) is 2.68. The minimum atomic E-state index is -0.615.